The number of hydrogen-bond acceptors (Lipinski definition) is 5. The lowest BCUT2D eigenvalue weighted by atomic mass is 10.1. The predicted molar refractivity (Wildman–Crippen MR) is 68.0 cm³/mol. The van der Waals surface area contributed by atoms with Crippen LogP contribution in [-0.4, -0.2) is 18.0 Å². The van der Waals surface area contributed by atoms with Gasteiger partial charge >= 0.3 is 0 Å². The Morgan fingerprint density at radius 2 is 1.76 bits per heavy atom. The van der Waals surface area contributed by atoms with Gasteiger partial charge in [0.1, 0.15) is 5.69 Å². The molecule has 1 aromatic carbocycles. The molecule has 0 spiro atoms. The zero-order chi connectivity index (χ0) is 12.4. The van der Waals surface area contributed by atoms with Gasteiger partial charge < -0.3 is 16.4 Å². The standard InChI is InChI=1S/C11H16N4O2/c12-8-7-11(15(16)17)9(13)6-10(8)14-4-2-1-3-5-14/h6-7H,1-5,12-13H2. The number of nitro benzene ring substituents is 1. The van der Waals surface area contributed by atoms with E-state index in [1.807, 2.05) is 0 Å². The second kappa shape index (κ2) is 4.48. The van der Waals surface area contributed by atoms with Crippen LogP contribution in [0.1, 0.15) is 19.3 Å². The summed E-state index contributed by atoms with van der Waals surface area (Å²) in [5, 5.41) is 10.7. The monoisotopic (exact) mass is 236 g/mol. The zero-order valence-electron chi connectivity index (χ0n) is 9.56. The summed E-state index contributed by atoms with van der Waals surface area (Å²) < 4.78 is 0. The largest absolute Gasteiger partial charge is 0.397 e. The minimum atomic E-state index is -0.508. The van der Waals surface area contributed by atoms with Gasteiger partial charge in [0.05, 0.1) is 16.3 Å². The van der Waals surface area contributed by atoms with Crippen LogP contribution < -0.4 is 16.4 Å². The first-order chi connectivity index (χ1) is 8.09. The molecule has 17 heavy (non-hydrogen) atoms. The van der Waals surface area contributed by atoms with Gasteiger partial charge in [0.15, 0.2) is 0 Å². The zero-order valence-corrected chi connectivity index (χ0v) is 9.56. The van der Waals surface area contributed by atoms with Crippen LogP contribution >= 0.6 is 0 Å². The number of anilines is 3. The number of piperidine rings is 1. The van der Waals surface area contributed by atoms with Gasteiger partial charge in [-0.3, -0.25) is 10.1 Å². The Balaban J connectivity index is 2.35. The molecule has 6 heteroatoms. The minimum Gasteiger partial charge on any atom is -0.397 e. The van der Waals surface area contributed by atoms with Crippen LogP contribution in [-0.2, 0) is 0 Å². The molecule has 6 nitrogen and oxygen atoms in total. The van der Waals surface area contributed by atoms with Crippen LogP contribution in [0.2, 0.25) is 0 Å². The van der Waals surface area contributed by atoms with Crippen LogP contribution in [0.4, 0.5) is 22.7 Å². The quantitative estimate of drug-likeness (QED) is 0.463. The predicted octanol–water partition coefficient (Wildman–Crippen LogP) is 1.75. The highest BCUT2D eigenvalue weighted by Gasteiger charge is 2.19. The van der Waals surface area contributed by atoms with Crippen molar-refractivity contribution in [3.63, 3.8) is 0 Å². The fourth-order valence-electron chi connectivity index (χ4n) is 2.18. The summed E-state index contributed by atoms with van der Waals surface area (Å²) in [7, 11) is 0. The van der Waals surface area contributed by atoms with Crippen LogP contribution in [0.25, 0.3) is 0 Å². The molecular formula is C11H16N4O2. The Kier molecular flexibility index (Phi) is 3.03. The fraction of sp³-hybridized carbons (Fsp3) is 0.455. The van der Waals surface area contributed by atoms with Crippen molar-refractivity contribution in [3.05, 3.63) is 22.2 Å². The topological polar surface area (TPSA) is 98.4 Å². The van der Waals surface area contributed by atoms with Gasteiger partial charge in [0.25, 0.3) is 5.69 Å². The van der Waals surface area contributed by atoms with E-state index in [1.54, 1.807) is 6.07 Å². The Morgan fingerprint density at radius 3 is 2.35 bits per heavy atom. The molecule has 1 aliphatic rings. The van der Waals surface area contributed by atoms with Gasteiger partial charge in [-0.05, 0) is 25.3 Å². The highest BCUT2D eigenvalue weighted by molar-refractivity contribution is 5.78. The van der Waals surface area contributed by atoms with Crippen molar-refractivity contribution in [1.82, 2.24) is 0 Å². The number of rotatable bonds is 2. The average Bonchev–Trinajstić information content (AvgIpc) is 2.32. The molecule has 1 aliphatic heterocycles. The Bertz CT molecular complexity index is 441. The molecule has 1 fully saturated rings. The first-order valence-electron chi connectivity index (χ1n) is 5.68. The molecule has 4 N–H and O–H groups in total. The molecule has 1 aromatic rings. The van der Waals surface area contributed by atoms with E-state index in [0.717, 1.165) is 31.6 Å². The van der Waals surface area contributed by atoms with Crippen molar-refractivity contribution < 1.29 is 4.92 Å². The summed E-state index contributed by atoms with van der Waals surface area (Å²) in [5.41, 5.74) is 12.8. The first kappa shape index (κ1) is 11.5. The second-order valence-electron chi connectivity index (χ2n) is 4.27. The normalized spacial score (nSPS) is 15.9. The average molecular weight is 236 g/mol. The van der Waals surface area contributed by atoms with E-state index < -0.39 is 4.92 Å². The van der Waals surface area contributed by atoms with E-state index in [9.17, 15) is 10.1 Å². The molecule has 0 atom stereocenters. The SMILES string of the molecule is Nc1cc([N+](=O)[O-])c(N)cc1N1CCCCC1. The third-order valence-corrected chi connectivity index (χ3v) is 3.07. The Hall–Kier alpha value is -1.98. The summed E-state index contributed by atoms with van der Waals surface area (Å²) in [6.07, 6.45) is 3.46. The molecule has 0 aliphatic carbocycles. The van der Waals surface area contributed by atoms with Crippen molar-refractivity contribution in [2.75, 3.05) is 29.5 Å². The third kappa shape index (κ3) is 2.25. The lowest BCUT2D eigenvalue weighted by Gasteiger charge is -2.29. The number of hydrogen-bond donors (Lipinski definition) is 2. The fourth-order valence-corrected chi connectivity index (χ4v) is 2.18. The summed E-state index contributed by atoms with van der Waals surface area (Å²) >= 11 is 0. The van der Waals surface area contributed by atoms with Crippen LogP contribution in [0.5, 0.6) is 0 Å². The molecule has 0 unspecified atom stereocenters. The van der Waals surface area contributed by atoms with Crippen LogP contribution in [0.15, 0.2) is 12.1 Å². The van der Waals surface area contributed by atoms with Crippen molar-refractivity contribution in [3.8, 4) is 0 Å². The molecular weight excluding hydrogens is 220 g/mol. The van der Waals surface area contributed by atoms with Gasteiger partial charge in [-0.25, -0.2) is 0 Å². The van der Waals surface area contributed by atoms with Crippen molar-refractivity contribution in [2.45, 2.75) is 19.3 Å². The van der Waals surface area contributed by atoms with Crippen molar-refractivity contribution in [1.29, 1.82) is 0 Å². The highest BCUT2D eigenvalue weighted by atomic mass is 16.6. The summed E-state index contributed by atoms with van der Waals surface area (Å²) in [4.78, 5) is 12.3. The number of nitrogen functional groups attached to an aromatic ring is 2. The maximum absolute atomic E-state index is 10.7. The second-order valence-corrected chi connectivity index (χ2v) is 4.27. The van der Waals surface area contributed by atoms with E-state index in [-0.39, 0.29) is 11.4 Å². The van der Waals surface area contributed by atoms with Crippen molar-refractivity contribution >= 4 is 22.7 Å². The first-order valence-corrected chi connectivity index (χ1v) is 5.68. The van der Waals surface area contributed by atoms with E-state index >= 15 is 0 Å². The third-order valence-electron chi connectivity index (χ3n) is 3.07. The minimum absolute atomic E-state index is 0.122. The number of nitro groups is 1. The van der Waals surface area contributed by atoms with Gasteiger partial charge in [0.2, 0.25) is 0 Å². The molecule has 0 saturated carbocycles. The number of nitrogens with two attached hydrogens (primary N) is 2. The van der Waals surface area contributed by atoms with E-state index in [4.69, 9.17) is 11.5 Å². The lowest BCUT2D eigenvalue weighted by molar-refractivity contribution is -0.383. The molecule has 0 bridgehead atoms. The molecule has 1 heterocycles. The summed E-state index contributed by atoms with van der Waals surface area (Å²) in [5.74, 6) is 0. The molecule has 0 radical (unpaired) electrons. The molecule has 1 saturated heterocycles. The molecule has 0 aromatic heterocycles. The van der Waals surface area contributed by atoms with Crippen molar-refractivity contribution in [2.24, 2.45) is 0 Å². The molecule has 92 valence electrons. The lowest BCUT2D eigenvalue weighted by Crippen LogP contribution is -2.30. The van der Waals surface area contributed by atoms with Gasteiger partial charge in [0, 0.05) is 19.2 Å². The number of benzene rings is 1. The summed E-state index contributed by atoms with van der Waals surface area (Å²) in [6, 6.07) is 2.96. The van der Waals surface area contributed by atoms with E-state index in [0.29, 0.717) is 5.69 Å². The van der Waals surface area contributed by atoms with Crippen LogP contribution in [0, 0.1) is 10.1 Å². The molecule has 2 rings (SSSR count). The van der Waals surface area contributed by atoms with Crippen LogP contribution in [0.3, 0.4) is 0 Å². The van der Waals surface area contributed by atoms with E-state index in [2.05, 4.69) is 4.90 Å². The van der Waals surface area contributed by atoms with Gasteiger partial charge in [-0.1, -0.05) is 0 Å². The maximum Gasteiger partial charge on any atom is 0.294 e. The van der Waals surface area contributed by atoms with E-state index in [1.165, 1.54) is 12.5 Å². The molecule has 0 amide bonds. The Labute approximate surface area is 99.3 Å². The highest BCUT2D eigenvalue weighted by Crippen LogP contribution is 2.34. The Morgan fingerprint density at radius 1 is 1.12 bits per heavy atom. The maximum atomic E-state index is 10.7. The van der Waals surface area contributed by atoms with Gasteiger partial charge in [-0.2, -0.15) is 0 Å². The van der Waals surface area contributed by atoms with Gasteiger partial charge in [-0.15, -0.1) is 0 Å². The summed E-state index contributed by atoms with van der Waals surface area (Å²) in [6.45, 7) is 1.86. The number of nitrogens with zero attached hydrogens (tertiary/aromatic N) is 2. The smallest absolute Gasteiger partial charge is 0.294 e.